The van der Waals surface area contributed by atoms with Gasteiger partial charge in [0.05, 0.1) is 5.97 Å². The molecule has 0 unspecified atom stereocenters. The van der Waals surface area contributed by atoms with Crippen LogP contribution in [0, 0.1) is 0 Å². The van der Waals surface area contributed by atoms with Crippen LogP contribution in [0.5, 0.6) is 11.5 Å². The quantitative estimate of drug-likeness (QED) is 0.628. The summed E-state index contributed by atoms with van der Waals surface area (Å²) in [6.45, 7) is 1.64. The molecule has 0 fully saturated rings. The van der Waals surface area contributed by atoms with Gasteiger partial charge in [-0.15, -0.1) is 0 Å². The lowest BCUT2D eigenvalue weighted by molar-refractivity contribution is -0.316. The van der Waals surface area contributed by atoms with Gasteiger partial charge in [0.15, 0.2) is 17.6 Å². The van der Waals surface area contributed by atoms with Gasteiger partial charge in [0, 0.05) is 0 Å². The smallest absolute Gasteiger partial charge is 0.174 e. The maximum atomic E-state index is 10.7. The van der Waals surface area contributed by atoms with E-state index in [0.29, 0.717) is 11.5 Å². The molecule has 0 N–H and O–H groups in total. The van der Waals surface area contributed by atoms with E-state index >= 15 is 0 Å². The standard InChI is InChI=1S/C10H10O4/c1-6-9(10(11)12)14-8-5-3-2-4-7(8)13-6/h2-6,9H,1H3,(H,11,12)/p-1/t6-,9+/m1/s1. The van der Waals surface area contributed by atoms with E-state index in [4.69, 9.17) is 9.47 Å². The zero-order valence-electron chi connectivity index (χ0n) is 7.60. The number of rotatable bonds is 1. The van der Waals surface area contributed by atoms with Crippen LogP contribution in [0.1, 0.15) is 6.92 Å². The summed E-state index contributed by atoms with van der Waals surface area (Å²) < 4.78 is 10.6. The predicted octanol–water partition coefficient (Wildman–Crippen LogP) is -0.0352. The first kappa shape index (κ1) is 8.87. The van der Waals surface area contributed by atoms with Crippen molar-refractivity contribution in [3.63, 3.8) is 0 Å². The number of ether oxygens (including phenoxy) is 2. The highest BCUT2D eigenvalue weighted by Gasteiger charge is 2.28. The molecule has 1 aromatic carbocycles. The fraction of sp³-hybridized carbons (Fsp3) is 0.300. The largest absolute Gasteiger partial charge is 0.546 e. The van der Waals surface area contributed by atoms with E-state index in [1.54, 1.807) is 31.2 Å². The van der Waals surface area contributed by atoms with Crippen molar-refractivity contribution in [2.75, 3.05) is 0 Å². The van der Waals surface area contributed by atoms with Gasteiger partial charge in [-0.2, -0.15) is 0 Å². The lowest BCUT2D eigenvalue weighted by atomic mass is 10.2. The maximum Gasteiger partial charge on any atom is 0.174 e. The normalized spacial score (nSPS) is 24.4. The number of benzene rings is 1. The van der Waals surface area contributed by atoms with Crippen molar-refractivity contribution in [1.82, 2.24) is 0 Å². The van der Waals surface area contributed by atoms with E-state index in [2.05, 4.69) is 0 Å². The molecule has 0 radical (unpaired) electrons. The van der Waals surface area contributed by atoms with Gasteiger partial charge in [0.25, 0.3) is 0 Å². The molecule has 4 nitrogen and oxygen atoms in total. The number of hydrogen-bond acceptors (Lipinski definition) is 4. The van der Waals surface area contributed by atoms with E-state index in [9.17, 15) is 9.90 Å². The number of aliphatic carboxylic acids is 1. The second-order valence-electron chi connectivity index (χ2n) is 3.13. The molecule has 74 valence electrons. The van der Waals surface area contributed by atoms with Crippen LogP contribution in [-0.2, 0) is 4.79 Å². The van der Waals surface area contributed by atoms with Gasteiger partial charge in [-0.25, -0.2) is 0 Å². The highest BCUT2D eigenvalue weighted by Crippen LogP contribution is 2.33. The molecule has 2 atom stereocenters. The average molecular weight is 193 g/mol. The zero-order valence-corrected chi connectivity index (χ0v) is 7.60. The minimum absolute atomic E-state index is 0.444. The molecule has 4 heteroatoms. The molecule has 14 heavy (non-hydrogen) atoms. The van der Waals surface area contributed by atoms with Crippen LogP contribution in [0.25, 0.3) is 0 Å². The van der Waals surface area contributed by atoms with Crippen molar-refractivity contribution in [2.45, 2.75) is 19.1 Å². The Kier molecular flexibility index (Phi) is 2.04. The molecular weight excluding hydrogens is 184 g/mol. The zero-order chi connectivity index (χ0) is 10.1. The van der Waals surface area contributed by atoms with Gasteiger partial charge in [-0.05, 0) is 19.1 Å². The van der Waals surface area contributed by atoms with E-state index in [1.165, 1.54) is 0 Å². The molecule has 1 heterocycles. The average Bonchev–Trinajstić information content (AvgIpc) is 2.16. The van der Waals surface area contributed by atoms with E-state index in [0.717, 1.165) is 0 Å². The second kappa shape index (κ2) is 3.21. The minimum atomic E-state index is -1.26. The van der Waals surface area contributed by atoms with Crippen molar-refractivity contribution in [3.8, 4) is 11.5 Å². The molecular formula is C10H9O4-. The van der Waals surface area contributed by atoms with Gasteiger partial charge in [-0.1, -0.05) is 12.1 Å². The molecule has 0 saturated carbocycles. The van der Waals surface area contributed by atoms with Crippen molar-refractivity contribution in [3.05, 3.63) is 24.3 Å². The SMILES string of the molecule is C[C@H]1Oc2ccccc2O[C@@H]1C(=O)[O-]. The Balaban J connectivity index is 2.31. The van der Waals surface area contributed by atoms with Crippen molar-refractivity contribution in [2.24, 2.45) is 0 Å². The molecule has 0 amide bonds. The molecule has 0 saturated heterocycles. The van der Waals surface area contributed by atoms with Crippen LogP contribution in [0.15, 0.2) is 24.3 Å². The molecule has 0 aliphatic carbocycles. The predicted molar refractivity (Wildman–Crippen MR) is 46.0 cm³/mol. The molecule has 0 bridgehead atoms. The van der Waals surface area contributed by atoms with Crippen LogP contribution in [0.2, 0.25) is 0 Å². The summed E-state index contributed by atoms with van der Waals surface area (Å²) in [4.78, 5) is 10.7. The first-order chi connectivity index (χ1) is 6.68. The summed E-state index contributed by atoms with van der Waals surface area (Å²) in [6.07, 6.45) is -1.57. The van der Waals surface area contributed by atoms with Gasteiger partial charge in [0.1, 0.15) is 6.10 Å². The summed E-state index contributed by atoms with van der Waals surface area (Å²) in [6, 6.07) is 6.95. The highest BCUT2D eigenvalue weighted by molar-refractivity contribution is 5.72. The second-order valence-corrected chi connectivity index (χ2v) is 3.13. The monoisotopic (exact) mass is 193 g/mol. The fourth-order valence-corrected chi connectivity index (χ4v) is 1.38. The first-order valence-electron chi connectivity index (χ1n) is 4.31. The number of fused-ring (bicyclic) bond motifs is 1. The third kappa shape index (κ3) is 1.39. The van der Waals surface area contributed by atoms with Gasteiger partial charge >= 0.3 is 0 Å². The molecule has 1 aliphatic heterocycles. The number of carboxylic acids is 1. The third-order valence-corrected chi connectivity index (χ3v) is 2.07. The van der Waals surface area contributed by atoms with Crippen molar-refractivity contribution >= 4 is 5.97 Å². The van der Waals surface area contributed by atoms with Crippen molar-refractivity contribution < 1.29 is 19.4 Å². The maximum absolute atomic E-state index is 10.7. The molecule has 0 aromatic heterocycles. The molecule has 1 aliphatic rings. The minimum Gasteiger partial charge on any atom is -0.546 e. The Morgan fingerprint density at radius 3 is 2.43 bits per heavy atom. The lowest BCUT2D eigenvalue weighted by Crippen LogP contribution is -2.50. The fourth-order valence-electron chi connectivity index (χ4n) is 1.38. The van der Waals surface area contributed by atoms with Crippen LogP contribution >= 0.6 is 0 Å². The number of carboxylic acid groups (broad SMARTS) is 1. The van der Waals surface area contributed by atoms with E-state index < -0.39 is 18.2 Å². The Morgan fingerprint density at radius 1 is 1.29 bits per heavy atom. The Labute approximate surface area is 81.1 Å². The number of carbonyl (C=O) groups excluding carboxylic acids is 1. The summed E-state index contributed by atoms with van der Waals surface area (Å²) >= 11 is 0. The molecule has 1 aromatic rings. The van der Waals surface area contributed by atoms with Crippen LogP contribution in [-0.4, -0.2) is 18.2 Å². The van der Waals surface area contributed by atoms with E-state index in [1.807, 2.05) is 0 Å². The summed E-state index contributed by atoms with van der Waals surface area (Å²) in [5, 5.41) is 10.7. The van der Waals surface area contributed by atoms with E-state index in [-0.39, 0.29) is 0 Å². The van der Waals surface area contributed by atoms with Crippen LogP contribution in [0.3, 0.4) is 0 Å². The number of para-hydroxylation sites is 2. The third-order valence-electron chi connectivity index (χ3n) is 2.07. The summed E-state index contributed by atoms with van der Waals surface area (Å²) in [5.74, 6) is -0.246. The van der Waals surface area contributed by atoms with Gasteiger partial charge in [0.2, 0.25) is 0 Å². The first-order valence-corrected chi connectivity index (χ1v) is 4.31. The topological polar surface area (TPSA) is 58.6 Å². The van der Waals surface area contributed by atoms with Crippen molar-refractivity contribution in [1.29, 1.82) is 0 Å². The van der Waals surface area contributed by atoms with Gasteiger partial charge in [-0.3, -0.25) is 0 Å². The highest BCUT2D eigenvalue weighted by atomic mass is 16.6. The Bertz CT molecular complexity index is 361. The molecule has 0 spiro atoms. The van der Waals surface area contributed by atoms with Crippen LogP contribution in [0.4, 0.5) is 0 Å². The van der Waals surface area contributed by atoms with Gasteiger partial charge < -0.3 is 19.4 Å². The Morgan fingerprint density at radius 2 is 1.86 bits per heavy atom. The van der Waals surface area contributed by atoms with Crippen LogP contribution < -0.4 is 14.6 Å². The molecule has 2 rings (SSSR count). The Hall–Kier alpha value is -1.71. The number of carbonyl (C=O) groups is 1. The lowest BCUT2D eigenvalue weighted by Gasteiger charge is -2.32. The number of hydrogen-bond donors (Lipinski definition) is 0. The summed E-state index contributed by atoms with van der Waals surface area (Å²) in [7, 11) is 0. The summed E-state index contributed by atoms with van der Waals surface area (Å²) in [5.41, 5.74) is 0.